The van der Waals surface area contributed by atoms with E-state index in [2.05, 4.69) is 13.8 Å². The molecule has 0 spiro atoms. The second kappa shape index (κ2) is 5.79. The summed E-state index contributed by atoms with van der Waals surface area (Å²) in [7, 11) is 0. The van der Waals surface area contributed by atoms with Crippen LogP contribution in [0, 0.1) is 5.92 Å². The Morgan fingerprint density at radius 1 is 1.20 bits per heavy atom. The first-order valence-electron chi connectivity index (χ1n) is 4.75. The van der Waals surface area contributed by atoms with Gasteiger partial charge in [0.05, 0.1) is 0 Å². The summed E-state index contributed by atoms with van der Waals surface area (Å²) in [4.78, 5) is 0. The van der Waals surface area contributed by atoms with Crippen molar-refractivity contribution in [2.45, 2.75) is 13.8 Å². The molecule has 0 fully saturated rings. The van der Waals surface area contributed by atoms with E-state index in [0.29, 0.717) is 21.8 Å². The molecule has 0 amide bonds. The van der Waals surface area contributed by atoms with Gasteiger partial charge in [0.1, 0.15) is 0 Å². The van der Waals surface area contributed by atoms with E-state index >= 15 is 0 Å². The van der Waals surface area contributed by atoms with Crippen LogP contribution in [0.4, 0.5) is 0 Å². The highest BCUT2D eigenvalue weighted by molar-refractivity contribution is 6.34. The van der Waals surface area contributed by atoms with Crippen LogP contribution >= 0.6 is 34.8 Å². The quantitative estimate of drug-likeness (QED) is 0.652. The zero-order valence-corrected chi connectivity index (χ0v) is 11.0. The highest BCUT2D eigenvalue weighted by Crippen LogP contribution is 2.22. The molecule has 82 valence electrons. The van der Waals surface area contributed by atoms with Crippen LogP contribution in [0.15, 0.2) is 23.8 Å². The number of rotatable bonds is 3. The van der Waals surface area contributed by atoms with Crippen LogP contribution in [0.5, 0.6) is 0 Å². The van der Waals surface area contributed by atoms with E-state index in [-0.39, 0.29) is 0 Å². The third-order valence-electron chi connectivity index (χ3n) is 2.13. The molecule has 0 aromatic heterocycles. The van der Waals surface area contributed by atoms with E-state index in [1.54, 1.807) is 6.07 Å². The Morgan fingerprint density at radius 3 is 2.13 bits per heavy atom. The zero-order valence-electron chi connectivity index (χ0n) is 8.73. The van der Waals surface area contributed by atoms with Crippen LogP contribution in [0.25, 0.3) is 6.08 Å². The van der Waals surface area contributed by atoms with Gasteiger partial charge in [0.15, 0.2) is 0 Å². The topological polar surface area (TPSA) is 0 Å². The van der Waals surface area contributed by atoms with Crippen molar-refractivity contribution in [3.05, 3.63) is 39.4 Å². The molecule has 0 bridgehead atoms. The second-order valence-corrected chi connectivity index (χ2v) is 4.85. The first-order chi connectivity index (χ1) is 7.02. The predicted molar refractivity (Wildman–Crippen MR) is 70.0 cm³/mol. The lowest BCUT2D eigenvalue weighted by Crippen LogP contribution is -1.95. The van der Waals surface area contributed by atoms with Crippen molar-refractivity contribution >= 4 is 40.9 Å². The van der Waals surface area contributed by atoms with Crippen molar-refractivity contribution in [2.24, 2.45) is 5.92 Å². The molecule has 1 aromatic carbocycles. The molecule has 15 heavy (non-hydrogen) atoms. The van der Waals surface area contributed by atoms with Crippen molar-refractivity contribution < 1.29 is 0 Å². The van der Waals surface area contributed by atoms with Crippen LogP contribution in [-0.4, -0.2) is 5.88 Å². The van der Waals surface area contributed by atoms with Gasteiger partial charge in [0.2, 0.25) is 0 Å². The van der Waals surface area contributed by atoms with Gasteiger partial charge in [0, 0.05) is 15.9 Å². The lowest BCUT2D eigenvalue weighted by atomic mass is 10.0. The van der Waals surface area contributed by atoms with Gasteiger partial charge < -0.3 is 0 Å². The minimum atomic E-state index is 0.431. The van der Waals surface area contributed by atoms with Crippen molar-refractivity contribution in [3.63, 3.8) is 0 Å². The lowest BCUT2D eigenvalue weighted by Gasteiger charge is -2.08. The maximum Gasteiger partial charge on any atom is 0.0439 e. The Morgan fingerprint density at radius 2 is 1.73 bits per heavy atom. The molecule has 0 saturated heterocycles. The molecule has 0 aliphatic carbocycles. The number of hydrogen-bond donors (Lipinski definition) is 0. The Hall–Kier alpha value is -0.170. The molecule has 1 aromatic rings. The number of halogens is 3. The number of hydrogen-bond acceptors (Lipinski definition) is 0. The Labute approximate surface area is 106 Å². The molecule has 0 N–H and O–H groups in total. The standard InChI is InChI=1S/C12H13Cl3/c1-8(2)10(7-13)3-9-4-11(14)6-12(15)5-9/h3-6,8H,7H2,1-2H3. The van der Waals surface area contributed by atoms with E-state index in [4.69, 9.17) is 34.8 Å². The van der Waals surface area contributed by atoms with E-state index in [1.165, 1.54) is 5.57 Å². The summed E-state index contributed by atoms with van der Waals surface area (Å²) in [6.07, 6.45) is 2.04. The lowest BCUT2D eigenvalue weighted by molar-refractivity contribution is 0.778. The highest BCUT2D eigenvalue weighted by Gasteiger charge is 2.03. The van der Waals surface area contributed by atoms with Crippen LogP contribution < -0.4 is 0 Å². The molecular formula is C12H13Cl3. The Balaban J connectivity index is 3.05. The van der Waals surface area contributed by atoms with Crippen molar-refractivity contribution in [1.82, 2.24) is 0 Å². The van der Waals surface area contributed by atoms with Gasteiger partial charge in [-0.2, -0.15) is 0 Å². The van der Waals surface area contributed by atoms with Gasteiger partial charge >= 0.3 is 0 Å². The van der Waals surface area contributed by atoms with Crippen molar-refractivity contribution in [1.29, 1.82) is 0 Å². The molecule has 3 heteroatoms. The molecule has 0 unspecified atom stereocenters. The molecule has 0 aliphatic rings. The Kier molecular flexibility index (Phi) is 4.98. The summed E-state index contributed by atoms with van der Waals surface area (Å²) in [5.41, 5.74) is 2.17. The smallest absolute Gasteiger partial charge is 0.0439 e. The molecule has 0 saturated carbocycles. The normalized spacial score (nSPS) is 12.3. The summed E-state index contributed by atoms with van der Waals surface area (Å²) in [5, 5.41) is 1.29. The average molecular weight is 264 g/mol. The molecule has 0 heterocycles. The highest BCUT2D eigenvalue weighted by atomic mass is 35.5. The SMILES string of the molecule is CC(C)C(=Cc1cc(Cl)cc(Cl)c1)CCl. The summed E-state index contributed by atoms with van der Waals surface area (Å²) in [6.45, 7) is 4.22. The minimum absolute atomic E-state index is 0.431. The van der Waals surface area contributed by atoms with Crippen LogP contribution in [0.2, 0.25) is 10.0 Å². The first-order valence-corrected chi connectivity index (χ1v) is 6.04. The van der Waals surface area contributed by atoms with Crippen molar-refractivity contribution in [3.8, 4) is 0 Å². The zero-order chi connectivity index (χ0) is 11.4. The summed E-state index contributed by atoms with van der Waals surface area (Å²) in [5.74, 6) is 0.960. The van der Waals surface area contributed by atoms with Gasteiger partial charge in [0.25, 0.3) is 0 Å². The molecular weight excluding hydrogens is 250 g/mol. The fraction of sp³-hybridized carbons (Fsp3) is 0.333. The third-order valence-corrected chi connectivity index (χ3v) is 2.88. The second-order valence-electron chi connectivity index (χ2n) is 3.71. The molecule has 0 atom stereocenters. The van der Waals surface area contributed by atoms with Gasteiger partial charge in [-0.1, -0.05) is 48.7 Å². The molecule has 1 rings (SSSR count). The predicted octanol–water partition coefficient (Wildman–Crippen LogP) is 5.27. The summed E-state index contributed by atoms with van der Waals surface area (Å²) >= 11 is 17.7. The van der Waals surface area contributed by atoms with E-state index in [0.717, 1.165) is 5.56 Å². The average Bonchev–Trinajstić information content (AvgIpc) is 2.12. The van der Waals surface area contributed by atoms with Crippen LogP contribution in [0.1, 0.15) is 19.4 Å². The molecule has 0 aliphatic heterocycles. The van der Waals surface area contributed by atoms with Gasteiger partial charge in [-0.3, -0.25) is 0 Å². The summed E-state index contributed by atoms with van der Waals surface area (Å²) in [6, 6.07) is 5.47. The Bertz CT molecular complexity index is 347. The van der Waals surface area contributed by atoms with Gasteiger partial charge in [-0.05, 0) is 29.7 Å². The number of allylic oxidation sites excluding steroid dienone is 1. The minimum Gasteiger partial charge on any atom is -0.122 e. The van der Waals surface area contributed by atoms with Crippen LogP contribution in [-0.2, 0) is 0 Å². The largest absolute Gasteiger partial charge is 0.122 e. The van der Waals surface area contributed by atoms with Crippen molar-refractivity contribution in [2.75, 3.05) is 5.88 Å². The van der Waals surface area contributed by atoms with E-state index in [9.17, 15) is 0 Å². The van der Waals surface area contributed by atoms with Gasteiger partial charge in [-0.15, -0.1) is 11.6 Å². The fourth-order valence-electron chi connectivity index (χ4n) is 1.23. The maximum absolute atomic E-state index is 5.91. The first kappa shape index (κ1) is 12.9. The molecule has 0 nitrogen and oxygen atoms in total. The summed E-state index contributed by atoms with van der Waals surface area (Å²) < 4.78 is 0. The van der Waals surface area contributed by atoms with Crippen LogP contribution in [0.3, 0.4) is 0 Å². The fourth-order valence-corrected chi connectivity index (χ4v) is 2.16. The molecule has 0 radical (unpaired) electrons. The van der Waals surface area contributed by atoms with E-state index < -0.39 is 0 Å². The van der Waals surface area contributed by atoms with E-state index in [1.807, 2.05) is 18.2 Å². The number of alkyl halides is 1. The van der Waals surface area contributed by atoms with Gasteiger partial charge in [-0.25, -0.2) is 0 Å². The maximum atomic E-state index is 5.91. The monoisotopic (exact) mass is 262 g/mol. The third kappa shape index (κ3) is 4.06. The number of benzene rings is 1.